The van der Waals surface area contributed by atoms with Gasteiger partial charge in [-0.15, -0.1) is 0 Å². The summed E-state index contributed by atoms with van der Waals surface area (Å²) < 4.78 is 33.8. The normalized spacial score (nSPS) is 14.1. The van der Waals surface area contributed by atoms with Gasteiger partial charge in [0.05, 0.1) is 27.7 Å². The lowest BCUT2D eigenvalue weighted by molar-refractivity contribution is -0.870. The number of hydrogen-bond acceptors (Lipinski definition) is 8. The summed E-state index contributed by atoms with van der Waals surface area (Å²) in [6, 6.07) is 0. The molecule has 0 aliphatic rings. The molecule has 0 amide bonds. The van der Waals surface area contributed by atoms with E-state index in [1.165, 1.54) is 77.0 Å². The smallest absolute Gasteiger partial charge is 0.306 e. The lowest BCUT2D eigenvalue weighted by Gasteiger charge is -2.28. The summed E-state index contributed by atoms with van der Waals surface area (Å²) in [5.74, 6) is -0.913. The molecule has 1 unspecified atom stereocenters. The van der Waals surface area contributed by atoms with Crippen LogP contribution in [0.2, 0.25) is 0 Å². The molecule has 0 radical (unpaired) electrons. The van der Waals surface area contributed by atoms with Crippen molar-refractivity contribution >= 4 is 19.8 Å². The van der Waals surface area contributed by atoms with Gasteiger partial charge in [0, 0.05) is 12.8 Å². The molecule has 0 bridgehead atoms. The summed E-state index contributed by atoms with van der Waals surface area (Å²) in [5.41, 5.74) is 0. The lowest BCUT2D eigenvalue weighted by Crippen LogP contribution is -2.37. The van der Waals surface area contributed by atoms with Crippen LogP contribution < -0.4 is 4.89 Å². The van der Waals surface area contributed by atoms with Gasteiger partial charge in [-0.05, 0) is 77.0 Å². The van der Waals surface area contributed by atoms with Crippen LogP contribution in [0.3, 0.4) is 0 Å². The van der Waals surface area contributed by atoms with Crippen molar-refractivity contribution in [1.82, 2.24) is 0 Å². The molecule has 0 aromatic carbocycles. The van der Waals surface area contributed by atoms with Gasteiger partial charge >= 0.3 is 11.9 Å². The van der Waals surface area contributed by atoms with Crippen molar-refractivity contribution < 1.29 is 42.1 Å². The summed E-state index contributed by atoms with van der Waals surface area (Å²) in [5, 5.41) is 0. The highest BCUT2D eigenvalue weighted by Crippen LogP contribution is 2.38. The van der Waals surface area contributed by atoms with E-state index in [-0.39, 0.29) is 26.1 Å². The number of carbonyl (C=O) groups excluding carboxylic acids is 2. The van der Waals surface area contributed by atoms with Crippen molar-refractivity contribution in [3.63, 3.8) is 0 Å². The van der Waals surface area contributed by atoms with E-state index in [0.717, 1.165) is 57.8 Å². The van der Waals surface area contributed by atoms with Crippen LogP contribution in [0.25, 0.3) is 0 Å². The molecule has 0 aliphatic carbocycles. The van der Waals surface area contributed by atoms with Crippen LogP contribution in [0.4, 0.5) is 0 Å². The second-order valence-corrected chi connectivity index (χ2v) is 17.5. The molecule has 10 heteroatoms. The molecule has 0 spiro atoms. The van der Waals surface area contributed by atoms with E-state index >= 15 is 0 Å². The topological polar surface area (TPSA) is 111 Å². The van der Waals surface area contributed by atoms with E-state index in [1.54, 1.807) is 0 Å². The van der Waals surface area contributed by atoms with Gasteiger partial charge in [-0.25, -0.2) is 0 Å². The number of ether oxygens (including phenoxy) is 2. The Labute approximate surface area is 349 Å². The second kappa shape index (κ2) is 39.2. The molecule has 0 rings (SSSR count). The van der Waals surface area contributed by atoms with Gasteiger partial charge in [0.1, 0.15) is 19.8 Å². The largest absolute Gasteiger partial charge is 0.756 e. The third-order valence-electron chi connectivity index (χ3n) is 9.26. The number of nitrogens with zero attached hydrogens (tertiary/aromatic N) is 1. The zero-order valence-electron chi connectivity index (χ0n) is 37.0. The highest BCUT2D eigenvalue weighted by Gasteiger charge is 2.21. The minimum Gasteiger partial charge on any atom is -0.756 e. The molecular weight excluding hydrogens is 737 g/mol. The quantitative estimate of drug-likeness (QED) is 0.0197. The van der Waals surface area contributed by atoms with Crippen molar-refractivity contribution in [1.29, 1.82) is 0 Å². The Kier molecular flexibility index (Phi) is 37.6. The minimum atomic E-state index is -4.64. The molecule has 330 valence electrons. The number of hydrogen-bond donors (Lipinski definition) is 0. The molecular formula is C47H84NO8P. The van der Waals surface area contributed by atoms with E-state index in [9.17, 15) is 19.0 Å². The summed E-state index contributed by atoms with van der Waals surface area (Å²) >= 11 is 0. The summed E-state index contributed by atoms with van der Waals surface area (Å²) in [6.07, 6.45) is 46.8. The monoisotopic (exact) mass is 822 g/mol. The van der Waals surface area contributed by atoms with Crippen LogP contribution in [-0.2, 0) is 32.7 Å². The molecule has 9 nitrogen and oxygen atoms in total. The summed E-state index contributed by atoms with van der Waals surface area (Å²) in [6.45, 7) is 4.11. The highest BCUT2D eigenvalue weighted by atomic mass is 31.2. The number of quaternary nitrogens is 1. The third-order valence-corrected chi connectivity index (χ3v) is 10.2. The number of allylic oxidation sites excluding steroid dienone is 10. The average Bonchev–Trinajstić information content (AvgIpc) is 3.16. The van der Waals surface area contributed by atoms with Gasteiger partial charge < -0.3 is 27.9 Å². The summed E-state index contributed by atoms with van der Waals surface area (Å²) in [4.78, 5) is 37.5. The number of esters is 2. The van der Waals surface area contributed by atoms with Crippen molar-refractivity contribution in [3.8, 4) is 0 Å². The molecule has 0 saturated carbocycles. The Morgan fingerprint density at radius 2 is 0.965 bits per heavy atom. The van der Waals surface area contributed by atoms with Gasteiger partial charge in [-0.3, -0.25) is 14.2 Å². The maximum Gasteiger partial charge on any atom is 0.306 e. The molecule has 0 heterocycles. The Hall–Kier alpha value is -2.29. The maximum atomic E-state index is 12.7. The van der Waals surface area contributed by atoms with Gasteiger partial charge in [0.2, 0.25) is 0 Å². The molecule has 0 aliphatic heterocycles. The van der Waals surface area contributed by atoms with Crippen molar-refractivity contribution in [2.45, 2.75) is 180 Å². The van der Waals surface area contributed by atoms with E-state index in [2.05, 4.69) is 74.6 Å². The predicted molar refractivity (Wildman–Crippen MR) is 236 cm³/mol. The SMILES string of the molecule is CCCCC/C=C\C/C=C\C/C=C\C/C=C\CCCC(=O)OC[C@H](COP(=O)([O-])OCC[N+](C)(C)C)OC(=O)CCCCCCC/C=C\CCCCCCCCC. The van der Waals surface area contributed by atoms with Gasteiger partial charge in [0.25, 0.3) is 7.82 Å². The van der Waals surface area contributed by atoms with Gasteiger partial charge in [0.15, 0.2) is 6.10 Å². The lowest BCUT2D eigenvalue weighted by atomic mass is 10.1. The van der Waals surface area contributed by atoms with E-state index in [4.69, 9.17) is 18.5 Å². The molecule has 0 N–H and O–H groups in total. The number of unbranched alkanes of at least 4 members (excludes halogenated alkanes) is 16. The van der Waals surface area contributed by atoms with E-state index < -0.39 is 32.5 Å². The Morgan fingerprint density at radius 1 is 0.544 bits per heavy atom. The first-order chi connectivity index (χ1) is 27.5. The first kappa shape index (κ1) is 54.7. The van der Waals surface area contributed by atoms with Crippen molar-refractivity contribution in [3.05, 3.63) is 60.8 Å². The highest BCUT2D eigenvalue weighted by molar-refractivity contribution is 7.45. The zero-order valence-corrected chi connectivity index (χ0v) is 37.9. The van der Waals surface area contributed by atoms with Crippen LogP contribution in [0.15, 0.2) is 60.8 Å². The zero-order chi connectivity index (χ0) is 42.1. The predicted octanol–water partition coefficient (Wildman–Crippen LogP) is 12.2. The van der Waals surface area contributed by atoms with Crippen LogP contribution in [-0.4, -0.2) is 70.0 Å². The van der Waals surface area contributed by atoms with Crippen LogP contribution >= 0.6 is 7.82 Å². The van der Waals surface area contributed by atoms with E-state index in [0.29, 0.717) is 23.9 Å². The third kappa shape index (κ3) is 43.1. The van der Waals surface area contributed by atoms with Crippen LogP contribution in [0, 0.1) is 0 Å². The number of likely N-dealkylation sites (N-methyl/N-ethyl adjacent to an activating group) is 1. The molecule has 2 atom stereocenters. The molecule has 0 aromatic rings. The Bertz CT molecular complexity index is 1160. The fourth-order valence-electron chi connectivity index (χ4n) is 5.70. The van der Waals surface area contributed by atoms with E-state index in [1.807, 2.05) is 21.1 Å². The maximum absolute atomic E-state index is 12.7. The van der Waals surface area contributed by atoms with Gasteiger partial charge in [-0.2, -0.15) is 0 Å². The molecule has 57 heavy (non-hydrogen) atoms. The fraction of sp³-hybridized carbons (Fsp3) is 0.745. The van der Waals surface area contributed by atoms with Crippen molar-refractivity contribution in [2.75, 3.05) is 47.5 Å². The molecule has 0 aromatic heterocycles. The number of carbonyl (C=O) groups is 2. The standard InChI is InChI=1S/C47H84NO8P/c1-6-8-10-12-14-16-18-20-22-24-26-27-29-31-33-35-37-39-46(49)53-43-45(44-55-57(51,52)54-42-41-48(3,4)5)56-47(50)40-38-36-34-32-30-28-25-23-21-19-17-15-13-11-9-7-2/h14,16,20,22-23,25-27,31,33,45H,6-13,15,17-19,21,24,28-30,32,34-44H2,1-5H3/b16-14-,22-20-,25-23-,27-26-,33-31-/t45-/m1/s1. The van der Waals surface area contributed by atoms with Crippen LogP contribution in [0.5, 0.6) is 0 Å². The van der Waals surface area contributed by atoms with Crippen molar-refractivity contribution in [2.24, 2.45) is 0 Å². The Morgan fingerprint density at radius 3 is 1.51 bits per heavy atom. The number of phosphoric acid groups is 1. The number of rotatable bonds is 40. The fourth-order valence-corrected chi connectivity index (χ4v) is 6.43. The Balaban J connectivity index is 4.46. The average molecular weight is 822 g/mol. The summed E-state index contributed by atoms with van der Waals surface area (Å²) in [7, 11) is 1.12. The number of phosphoric ester groups is 1. The first-order valence-electron chi connectivity index (χ1n) is 22.5. The minimum absolute atomic E-state index is 0.0430. The molecule has 0 fully saturated rings. The van der Waals surface area contributed by atoms with Gasteiger partial charge in [-0.1, -0.05) is 145 Å². The van der Waals surface area contributed by atoms with Crippen LogP contribution in [0.1, 0.15) is 174 Å². The second-order valence-electron chi connectivity index (χ2n) is 16.1. The first-order valence-corrected chi connectivity index (χ1v) is 24.0. The molecule has 0 saturated heterocycles.